The number of aryl methyl sites for hydroxylation is 1. The third-order valence-electron chi connectivity index (χ3n) is 4.98. The SMILES string of the molecule is Cc1nc(N2CCOCC2)[nH]c(=O)c1CCC(=O)NCCNc1ccc([N+](=O)[O-])cc1. The molecule has 1 aliphatic rings. The predicted octanol–water partition coefficient (Wildman–Crippen LogP) is 0.984. The number of ether oxygens (including phenoxy) is 1. The maximum atomic E-state index is 12.5. The number of hydrogen-bond acceptors (Lipinski definition) is 8. The molecule has 1 amide bonds. The highest BCUT2D eigenvalue weighted by Crippen LogP contribution is 2.15. The quantitative estimate of drug-likeness (QED) is 0.304. The van der Waals surface area contributed by atoms with E-state index in [4.69, 9.17) is 4.74 Å². The number of anilines is 2. The van der Waals surface area contributed by atoms with Crippen molar-refractivity contribution in [3.63, 3.8) is 0 Å². The zero-order valence-corrected chi connectivity index (χ0v) is 17.3. The molecule has 31 heavy (non-hydrogen) atoms. The van der Waals surface area contributed by atoms with Gasteiger partial charge < -0.3 is 20.3 Å². The molecule has 1 fully saturated rings. The normalized spacial score (nSPS) is 13.6. The molecule has 1 aliphatic heterocycles. The Morgan fingerprint density at radius 1 is 1.26 bits per heavy atom. The minimum absolute atomic E-state index is 0.0246. The average Bonchev–Trinajstić information content (AvgIpc) is 2.77. The minimum Gasteiger partial charge on any atom is -0.383 e. The van der Waals surface area contributed by atoms with Crippen LogP contribution >= 0.6 is 0 Å². The van der Waals surface area contributed by atoms with Gasteiger partial charge in [0.25, 0.3) is 11.2 Å². The van der Waals surface area contributed by atoms with Gasteiger partial charge in [-0.1, -0.05) is 0 Å². The molecular weight excluding hydrogens is 404 g/mol. The summed E-state index contributed by atoms with van der Waals surface area (Å²) in [6, 6.07) is 6.06. The van der Waals surface area contributed by atoms with Crippen LogP contribution in [0.5, 0.6) is 0 Å². The number of non-ortho nitro benzene ring substituents is 1. The molecule has 0 bridgehead atoms. The molecule has 0 aliphatic carbocycles. The molecule has 0 saturated carbocycles. The van der Waals surface area contributed by atoms with Gasteiger partial charge >= 0.3 is 0 Å². The van der Waals surface area contributed by atoms with Crippen molar-refractivity contribution in [2.75, 3.05) is 49.6 Å². The van der Waals surface area contributed by atoms with Gasteiger partial charge in [0.15, 0.2) is 0 Å². The first-order chi connectivity index (χ1) is 14.9. The maximum Gasteiger partial charge on any atom is 0.269 e. The van der Waals surface area contributed by atoms with Crippen molar-refractivity contribution in [2.45, 2.75) is 19.8 Å². The van der Waals surface area contributed by atoms with E-state index in [1.165, 1.54) is 12.1 Å². The molecule has 2 heterocycles. The van der Waals surface area contributed by atoms with Crippen molar-refractivity contribution in [3.05, 3.63) is 56.0 Å². The molecule has 11 nitrogen and oxygen atoms in total. The van der Waals surface area contributed by atoms with E-state index >= 15 is 0 Å². The Hall–Kier alpha value is -3.47. The van der Waals surface area contributed by atoms with Crippen molar-refractivity contribution in [1.82, 2.24) is 15.3 Å². The molecule has 3 N–H and O–H groups in total. The molecule has 0 atom stereocenters. The summed E-state index contributed by atoms with van der Waals surface area (Å²) in [5.74, 6) is 0.373. The van der Waals surface area contributed by atoms with E-state index < -0.39 is 4.92 Å². The second-order valence-corrected chi connectivity index (χ2v) is 7.13. The number of nitrogens with zero attached hydrogens (tertiary/aromatic N) is 3. The first-order valence-corrected chi connectivity index (χ1v) is 10.1. The zero-order chi connectivity index (χ0) is 22.2. The number of nitro groups is 1. The fourth-order valence-electron chi connectivity index (χ4n) is 3.25. The molecule has 1 aromatic carbocycles. The van der Waals surface area contributed by atoms with Crippen LogP contribution in [-0.4, -0.2) is 60.2 Å². The highest BCUT2D eigenvalue weighted by Gasteiger charge is 2.16. The van der Waals surface area contributed by atoms with E-state index in [9.17, 15) is 19.7 Å². The van der Waals surface area contributed by atoms with Crippen LogP contribution in [0.1, 0.15) is 17.7 Å². The zero-order valence-electron chi connectivity index (χ0n) is 17.3. The summed E-state index contributed by atoms with van der Waals surface area (Å²) in [4.78, 5) is 44.1. The topological polar surface area (TPSA) is 142 Å². The van der Waals surface area contributed by atoms with Gasteiger partial charge in [-0.3, -0.25) is 24.7 Å². The van der Waals surface area contributed by atoms with Gasteiger partial charge in [0.2, 0.25) is 11.9 Å². The van der Waals surface area contributed by atoms with Gasteiger partial charge in [0, 0.05) is 61.7 Å². The number of aromatic amines is 1. The van der Waals surface area contributed by atoms with E-state index in [1.54, 1.807) is 19.1 Å². The van der Waals surface area contributed by atoms with Crippen LogP contribution in [0.3, 0.4) is 0 Å². The summed E-state index contributed by atoms with van der Waals surface area (Å²) < 4.78 is 5.31. The maximum absolute atomic E-state index is 12.5. The van der Waals surface area contributed by atoms with Crippen LogP contribution < -0.4 is 21.1 Å². The fraction of sp³-hybridized carbons (Fsp3) is 0.450. The summed E-state index contributed by atoms with van der Waals surface area (Å²) in [5, 5.41) is 16.5. The smallest absolute Gasteiger partial charge is 0.269 e. The predicted molar refractivity (Wildman–Crippen MR) is 116 cm³/mol. The highest BCUT2D eigenvalue weighted by molar-refractivity contribution is 5.76. The third-order valence-corrected chi connectivity index (χ3v) is 4.98. The van der Waals surface area contributed by atoms with Crippen molar-refractivity contribution in [3.8, 4) is 0 Å². The number of carbonyl (C=O) groups excluding carboxylic acids is 1. The molecule has 11 heteroatoms. The molecule has 2 aromatic rings. The summed E-state index contributed by atoms with van der Waals surface area (Å²) in [7, 11) is 0. The van der Waals surface area contributed by atoms with Gasteiger partial charge in [-0.25, -0.2) is 4.98 Å². The number of amides is 1. The van der Waals surface area contributed by atoms with Gasteiger partial charge in [-0.2, -0.15) is 0 Å². The second-order valence-electron chi connectivity index (χ2n) is 7.13. The number of morpholine rings is 1. The molecular formula is C20H26N6O5. The summed E-state index contributed by atoms with van der Waals surface area (Å²) in [6.07, 6.45) is 0.485. The summed E-state index contributed by atoms with van der Waals surface area (Å²) in [6.45, 7) is 5.20. The Morgan fingerprint density at radius 3 is 2.61 bits per heavy atom. The standard InChI is InChI=1S/C20H26N6O5/c1-14-17(19(28)24-20(23-14)25-10-12-31-13-11-25)6-7-18(27)22-9-8-21-15-2-4-16(5-3-15)26(29)30/h2-5,21H,6-13H2,1H3,(H,22,27)(H,23,24,28). The Kier molecular flexibility index (Phi) is 7.55. The van der Waals surface area contributed by atoms with Crippen LogP contribution in [0.15, 0.2) is 29.1 Å². The largest absolute Gasteiger partial charge is 0.383 e. The van der Waals surface area contributed by atoms with E-state index in [2.05, 4.69) is 20.6 Å². The lowest BCUT2D eigenvalue weighted by atomic mass is 10.1. The van der Waals surface area contributed by atoms with E-state index in [0.29, 0.717) is 63.0 Å². The summed E-state index contributed by atoms with van der Waals surface area (Å²) in [5.41, 5.74) is 1.67. The number of nitrogens with one attached hydrogen (secondary N) is 3. The first-order valence-electron chi connectivity index (χ1n) is 10.1. The first kappa shape index (κ1) is 22.2. The molecule has 0 radical (unpaired) electrons. The van der Waals surface area contributed by atoms with Crippen LogP contribution in [0.4, 0.5) is 17.3 Å². The number of nitro benzene ring substituents is 1. The van der Waals surface area contributed by atoms with Crippen molar-refractivity contribution in [1.29, 1.82) is 0 Å². The van der Waals surface area contributed by atoms with Gasteiger partial charge in [0.1, 0.15) is 0 Å². The Morgan fingerprint density at radius 2 is 1.97 bits per heavy atom. The Balaban J connectivity index is 1.43. The molecule has 166 valence electrons. The van der Waals surface area contributed by atoms with Crippen molar-refractivity contribution >= 4 is 23.2 Å². The lowest BCUT2D eigenvalue weighted by Crippen LogP contribution is -2.38. The van der Waals surface area contributed by atoms with Gasteiger partial charge in [-0.05, 0) is 25.5 Å². The number of benzene rings is 1. The lowest BCUT2D eigenvalue weighted by molar-refractivity contribution is -0.384. The summed E-state index contributed by atoms with van der Waals surface area (Å²) >= 11 is 0. The van der Waals surface area contributed by atoms with Crippen LogP contribution in [0.2, 0.25) is 0 Å². The monoisotopic (exact) mass is 430 g/mol. The number of aromatic nitrogens is 2. The number of H-pyrrole nitrogens is 1. The molecule has 3 rings (SSSR count). The van der Waals surface area contributed by atoms with Crippen LogP contribution in [0, 0.1) is 17.0 Å². The Labute approximate surface area is 179 Å². The Bertz CT molecular complexity index is 969. The molecule has 0 unspecified atom stereocenters. The van der Waals surface area contributed by atoms with Gasteiger partial charge in [0.05, 0.1) is 18.1 Å². The molecule has 0 spiro atoms. The second kappa shape index (κ2) is 10.5. The van der Waals surface area contributed by atoms with E-state index in [-0.39, 0.29) is 23.6 Å². The number of carbonyl (C=O) groups is 1. The lowest BCUT2D eigenvalue weighted by Gasteiger charge is -2.27. The van der Waals surface area contributed by atoms with Crippen molar-refractivity contribution in [2.24, 2.45) is 0 Å². The minimum atomic E-state index is -0.456. The van der Waals surface area contributed by atoms with Crippen LogP contribution in [0.25, 0.3) is 0 Å². The fourth-order valence-corrected chi connectivity index (χ4v) is 3.25. The molecule has 1 aromatic heterocycles. The average molecular weight is 430 g/mol. The molecule has 1 saturated heterocycles. The van der Waals surface area contributed by atoms with Crippen molar-refractivity contribution < 1.29 is 14.5 Å². The van der Waals surface area contributed by atoms with Crippen LogP contribution in [-0.2, 0) is 16.0 Å². The number of rotatable bonds is 9. The third kappa shape index (κ3) is 6.25. The van der Waals surface area contributed by atoms with Gasteiger partial charge in [-0.15, -0.1) is 0 Å². The highest BCUT2D eigenvalue weighted by atomic mass is 16.6. The van der Waals surface area contributed by atoms with E-state index in [1.807, 2.05) is 4.90 Å². The van der Waals surface area contributed by atoms with E-state index in [0.717, 1.165) is 5.69 Å². The number of hydrogen-bond donors (Lipinski definition) is 3.